The molecule has 1 heterocycles. The Morgan fingerprint density at radius 2 is 1.62 bits per heavy atom. The maximum absolute atomic E-state index is 14.4. The molecule has 4 atom stereocenters. The standard InChI is InChI=1S/C31H35NO7/c1-6-37-20-15-13-19(14-16-20)26-25(30(34)38-7-2)18(4)32-23-17-22(21-11-9-10-12-24(21)36-5)27(29(33)28(23)26)31(35)39-8-3/h9-16,22,26-28H,6-8,17H2,1-5H3/t22-,26+,27-,28?/m0/s1. The van der Waals surface area contributed by atoms with Gasteiger partial charge in [-0.15, -0.1) is 0 Å². The number of allylic oxidation sites excluding steroid dienone is 1. The highest BCUT2D eigenvalue weighted by atomic mass is 16.5. The highest BCUT2D eigenvalue weighted by Gasteiger charge is 2.53. The summed E-state index contributed by atoms with van der Waals surface area (Å²) in [5, 5.41) is 0. The van der Waals surface area contributed by atoms with Crippen LogP contribution in [0, 0.1) is 11.8 Å². The third-order valence-corrected chi connectivity index (χ3v) is 7.27. The zero-order chi connectivity index (χ0) is 28.1. The van der Waals surface area contributed by atoms with Crippen LogP contribution in [0.3, 0.4) is 0 Å². The van der Waals surface area contributed by atoms with Crippen LogP contribution in [0.1, 0.15) is 57.1 Å². The van der Waals surface area contributed by atoms with Crippen LogP contribution in [0.25, 0.3) is 0 Å². The van der Waals surface area contributed by atoms with Gasteiger partial charge in [-0.3, -0.25) is 14.6 Å². The number of ether oxygens (including phenoxy) is 4. The Balaban J connectivity index is 1.88. The summed E-state index contributed by atoms with van der Waals surface area (Å²) >= 11 is 0. The summed E-state index contributed by atoms with van der Waals surface area (Å²) in [5.41, 5.74) is 2.93. The molecule has 0 saturated heterocycles. The van der Waals surface area contributed by atoms with E-state index >= 15 is 0 Å². The zero-order valence-electron chi connectivity index (χ0n) is 23.1. The van der Waals surface area contributed by atoms with Crippen molar-refractivity contribution in [3.8, 4) is 11.5 Å². The molecule has 4 rings (SSSR count). The van der Waals surface area contributed by atoms with Crippen LogP contribution in [-0.4, -0.2) is 50.4 Å². The molecule has 0 aromatic heterocycles. The Hall–Kier alpha value is -3.94. The van der Waals surface area contributed by atoms with Gasteiger partial charge in [-0.2, -0.15) is 0 Å². The molecule has 206 valence electrons. The molecule has 0 radical (unpaired) electrons. The molecule has 0 spiro atoms. The van der Waals surface area contributed by atoms with Gasteiger partial charge in [0.2, 0.25) is 0 Å². The zero-order valence-corrected chi connectivity index (χ0v) is 23.1. The third kappa shape index (κ3) is 5.46. The summed E-state index contributed by atoms with van der Waals surface area (Å²) in [4.78, 5) is 45.8. The Kier molecular flexibility index (Phi) is 8.84. The highest BCUT2D eigenvalue weighted by molar-refractivity contribution is 6.18. The number of para-hydroxylation sites is 1. The first kappa shape index (κ1) is 28.1. The first-order valence-corrected chi connectivity index (χ1v) is 13.4. The van der Waals surface area contributed by atoms with Crippen molar-refractivity contribution in [1.29, 1.82) is 0 Å². The quantitative estimate of drug-likeness (QED) is 0.330. The first-order valence-electron chi connectivity index (χ1n) is 13.4. The number of hydrogen-bond acceptors (Lipinski definition) is 8. The number of hydrogen-bond donors (Lipinski definition) is 0. The Morgan fingerprint density at radius 1 is 0.923 bits per heavy atom. The molecular weight excluding hydrogens is 498 g/mol. The van der Waals surface area contributed by atoms with Crippen LogP contribution in [0.15, 0.2) is 64.8 Å². The number of aliphatic imine (C=N–C) groups is 1. The van der Waals surface area contributed by atoms with Gasteiger partial charge < -0.3 is 18.9 Å². The Bertz CT molecular complexity index is 1290. The Labute approximate surface area is 229 Å². The molecule has 1 fully saturated rings. The van der Waals surface area contributed by atoms with Crippen LogP contribution in [0.2, 0.25) is 0 Å². The van der Waals surface area contributed by atoms with Gasteiger partial charge in [0.15, 0.2) is 5.78 Å². The van der Waals surface area contributed by atoms with Crippen molar-refractivity contribution in [1.82, 2.24) is 0 Å². The molecule has 0 N–H and O–H groups in total. The van der Waals surface area contributed by atoms with Gasteiger partial charge >= 0.3 is 11.9 Å². The predicted octanol–water partition coefficient (Wildman–Crippen LogP) is 5.02. The lowest BCUT2D eigenvalue weighted by Gasteiger charge is -2.41. The smallest absolute Gasteiger partial charge is 0.336 e. The Morgan fingerprint density at radius 3 is 2.26 bits per heavy atom. The first-order chi connectivity index (χ1) is 18.9. The van der Waals surface area contributed by atoms with E-state index < -0.39 is 35.6 Å². The second kappa shape index (κ2) is 12.3. The van der Waals surface area contributed by atoms with E-state index in [1.165, 1.54) is 0 Å². The van der Waals surface area contributed by atoms with E-state index in [0.717, 1.165) is 11.1 Å². The van der Waals surface area contributed by atoms with Crippen LogP contribution in [0.5, 0.6) is 11.5 Å². The minimum absolute atomic E-state index is 0.141. The number of methoxy groups -OCH3 is 1. The summed E-state index contributed by atoms with van der Waals surface area (Å²) < 4.78 is 22.0. The van der Waals surface area contributed by atoms with Gasteiger partial charge in [0.1, 0.15) is 17.4 Å². The highest BCUT2D eigenvalue weighted by Crippen LogP contribution is 2.49. The number of esters is 2. The van der Waals surface area contributed by atoms with Gasteiger partial charge in [-0.1, -0.05) is 30.3 Å². The molecule has 0 bridgehead atoms. The number of carbonyl (C=O) groups excluding carboxylic acids is 3. The molecule has 1 unspecified atom stereocenters. The average molecular weight is 534 g/mol. The minimum Gasteiger partial charge on any atom is -0.496 e. The molecule has 8 heteroatoms. The molecule has 39 heavy (non-hydrogen) atoms. The maximum atomic E-state index is 14.4. The van der Waals surface area contributed by atoms with Crippen molar-refractivity contribution in [2.75, 3.05) is 26.9 Å². The van der Waals surface area contributed by atoms with Gasteiger partial charge in [-0.05, 0) is 63.4 Å². The van der Waals surface area contributed by atoms with Crippen LogP contribution in [0.4, 0.5) is 0 Å². The van der Waals surface area contributed by atoms with Gasteiger partial charge in [-0.25, -0.2) is 4.79 Å². The van der Waals surface area contributed by atoms with Crippen molar-refractivity contribution >= 4 is 23.4 Å². The summed E-state index contributed by atoms with van der Waals surface area (Å²) in [5.74, 6) is -3.29. The summed E-state index contributed by atoms with van der Waals surface area (Å²) in [6, 6.07) is 14.7. The van der Waals surface area contributed by atoms with E-state index in [2.05, 4.69) is 0 Å². The number of Topliss-reactive ketones (excluding diaryl/α,β-unsaturated/α-hetero) is 1. The normalized spacial score (nSPS) is 22.5. The van der Waals surface area contributed by atoms with Crippen molar-refractivity contribution in [2.24, 2.45) is 16.8 Å². The number of fused-ring (bicyclic) bond motifs is 1. The van der Waals surface area contributed by atoms with Crippen molar-refractivity contribution in [3.63, 3.8) is 0 Å². The number of nitrogens with zero attached hydrogens (tertiary/aromatic N) is 1. The largest absolute Gasteiger partial charge is 0.496 e. The van der Waals surface area contributed by atoms with E-state index in [-0.39, 0.29) is 19.0 Å². The fourth-order valence-electron chi connectivity index (χ4n) is 5.72. The van der Waals surface area contributed by atoms with Crippen molar-refractivity contribution in [3.05, 3.63) is 70.9 Å². The molecule has 1 aliphatic carbocycles. The average Bonchev–Trinajstić information content (AvgIpc) is 2.93. The monoisotopic (exact) mass is 533 g/mol. The predicted molar refractivity (Wildman–Crippen MR) is 146 cm³/mol. The second-order valence-corrected chi connectivity index (χ2v) is 9.46. The number of carbonyl (C=O) groups is 3. The van der Waals surface area contributed by atoms with Gasteiger partial charge in [0.25, 0.3) is 0 Å². The third-order valence-electron chi connectivity index (χ3n) is 7.27. The number of rotatable bonds is 9. The molecule has 1 saturated carbocycles. The molecule has 2 aliphatic rings. The van der Waals surface area contributed by atoms with Crippen molar-refractivity contribution < 1.29 is 33.3 Å². The summed E-state index contributed by atoms with van der Waals surface area (Å²) in [6.45, 7) is 7.94. The lowest BCUT2D eigenvalue weighted by atomic mass is 9.62. The lowest BCUT2D eigenvalue weighted by Crippen LogP contribution is -2.48. The fourth-order valence-corrected chi connectivity index (χ4v) is 5.72. The van der Waals surface area contributed by atoms with E-state index in [4.69, 9.17) is 23.9 Å². The van der Waals surface area contributed by atoms with E-state index in [0.29, 0.717) is 41.5 Å². The van der Waals surface area contributed by atoms with E-state index in [9.17, 15) is 14.4 Å². The van der Waals surface area contributed by atoms with Crippen LogP contribution in [-0.2, 0) is 23.9 Å². The van der Waals surface area contributed by atoms with Crippen molar-refractivity contribution in [2.45, 2.75) is 46.0 Å². The van der Waals surface area contributed by atoms with Gasteiger partial charge in [0, 0.05) is 23.2 Å². The lowest BCUT2D eigenvalue weighted by molar-refractivity contribution is -0.153. The summed E-state index contributed by atoms with van der Waals surface area (Å²) in [6.07, 6.45) is 0.335. The van der Waals surface area contributed by atoms with Gasteiger partial charge in [0.05, 0.1) is 38.4 Å². The summed E-state index contributed by atoms with van der Waals surface area (Å²) in [7, 11) is 1.56. The topological polar surface area (TPSA) is 100 Å². The minimum atomic E-state index is -1.09. The molecule has 2 aromatic carbocycles. The molecular formula is C31H35NO7. The maximum Gasteiger partial charge on any atom is 0.336 e. The van der Waals surface area contributed by atoms with Crippen LogP contribution >= 0.6 is 0 Å². The molecule has 8 nitrogen and oxygen atoms in total. The molecule has 0 amide bonds. The SMILES string of the molecule is CCOC(=O)C1=C(C)N=C2C[C@@H](c3ccccc3OC)[C@H](C(=O)OCC)C(=O)C2[C@@H]1c1ccc(OCC)cc1. The fraction of sp³-hybridized carbons (Fsp3) is 0.419. The number of ketones is 1. The van der Waals surface area contributed by atoms with Crippen LogP contribution < -0.4 is 9.47 Å². The van der Waals surface area contributed by atoms with E-state index in [1.807, 2.05) is 55.5 Å². The van der Waals surface area contributed by atoms with E-state index in [1.54, 1.807) is 27.9 Å². The molecule has 2 aromatic rings. The second-order valence-electron chi connectivity index (χ2n) is 9.46. The number of benzene rings is 2. The molecule has 1 aliphatic heterocycles.